The quantitative estimate of drug-likeness (QED) is 0.824. The lowest BCUT2D eigenvalue weighted by Gasteiger charge is -2.01. The number of nitrogens with one attached hydrogen (secondary N) is 1. The summed E-state index contributed by atoms with van der Waals surface area (Å²) in [5.41, 5.74) is 2.03. The third kappa shape index (κ3) is 2.24. The smallest absolute Gasteiger partial charge is 0.180 e. The Labute approximate surface area is 87.5 Å². The van der Waals surface area contributed by atoms with E-state index >= 15 is 0 Å². The molecule has 80 valence electrons. The largest absolute Gasteiger partial charge is 0.447 e. The maximum atomic E-state index is 5.10. The lowest BCUT2D eigenvalue weighted by atomic mass is 10.2. The molecule has 0 aliphatic heterocycles. The van der Waals surface area contributed by atoms with Gasteiger partial charge in [-0.25, -0.2) is 4.98 Å². The van der Waals surface area contributed by atoms with Gasteiger partial charge in [0.05, 0.1) is 18.4 Å². The molecule has 1 N–H and O–H groups in total. The predicted octanol–water partition coefficient (Wildman–Crippen LogP) is 1.57. The molecular formula is C10H13N3O2. The van der Waals surface area contributed by atoms with Crippen LogP contribution in [0.2, 0.25) is 0 Å². The average Bonchev–Trinajstić information content (AvgIpc) is 2.82. The van der Waals surface area contributed by atoms with E-state index in [1.165, 1.54) is 6.39 Å². The highest BCUT2D eigenvalue weighted by Crippen LogP contribution is 2.11. The minimum Gasteiger partial charge on any atom is -0.447 e. The highest BCUT2D eigenvalue weighted by atomic mass is 16.5. The van der Waals surface area contributed by atoms with Crippen molar-refractivity contribution in [3.8, 4) is 0 Å². The van der Waals surface area contributed by atoms with Crippen LogP contribution in [0.1, 0.15) is 22.8 Å². The molecule has 0 atom stereocenters. The highest BCUT2D eigenvalue weighted by Gasteiger charge is 2.08. The minimum absolute atomic E-state index is 0.657. The highest BCUT2D eigenvalue weighted by molar-refractivity contribution is 5.20. The summed E-state index contributed by atoms with van der Waals surface area (Å²) in [6.07, 6.45) is 3.12. The van der Waals surface area contributed by atoms with E-state index in [1.54, 1.807) is 6.20 Å². The summed E-state index contributed by atoms with van der Waals surface area (Å²) in [6.45, 7) is 5.22. The van der Waals surface area contributed by atoms with Gasteiger partial charge in [0, 0.05) is 12.1 Å². The van der Waals surface area contributed by atoms with Gasteiger partial charge in [-0.2, -0.15) is 0 Å². The molecule has 2 rings (SSSR count). The van der Waals surface area contributed by atoms with Crippen molar-refractivity contribution in [2.24, 2.45) is 0 Å². The van der Waals surface area contributed by atoms with Gasteiger partial charge < -0.3 is 14.3 Å². The summed E-state index contributed by atoms with van der Waals surface area (Å²) < 4.78 is 10.2. The first kappa shape index (κ1) is 9.92. The van der Waals surface area contributed by atoms with Gasteiger partial charge in [-0.3, -0.25) is 0 Å². The number of rotatable bonds is 4. The molecule has 5 heteroatoms. The van der Waals surface area contributed by atoms with E-state index in [1.807, 2.05) is 13.8 Å². The Morgan fingerprint density at radius 3 is 2.80 bits per heavy atom. The molecule has 2 aromatic rings. The Hall–Kier alpha value is -1.62. The molecule has 2 aromatic heterocycles. The van der Waals surface area contributed by atoms with Crippen LogP contribution in [0.3, 0.4) is 0 Å². The maximum absolute atomic E-state index is 5.10. The zero-order valence-electron chi connectivity index (χ0n) is 8.78. The molecule has 0 aliphatic rings. The molecule has 0 fully saturated rings. The van der Waals surface area contributed by atoms with E-state index in [0.717, 1.165) is 29.3 Å². The summed E-state index contributed by atoms with van der Waals surface area (Å²) in [5.74, 6) is 1.68. The first-order valence-electron chi connectivity index (χ1n) is 4.77. The molecule has 5 nitrogen and oxygen atoms in total. The van der Waals surface area contributed by atoms with Gasteiger partial charge in [0.25, 0.3) is 0 Å². The number of aromatic nitrogens is 2. The van der Waals surface area contributed by atoms with Crippen molar-refractivity contribution >= 4 is 0 Å². The number of hydrogen-bond acceptors (Lipinski definition) is 5. The van der Waals surface area contributed by atoms with Crippen LogP contribution >= 0.6 is 0 Å². The molecule has 0 saturated carbocycles. The third-order valence-corrected chi connectivity index (χ3v) is 2.27. The number of nitrogens with zero attached hydrogens (tertiary/aromatic N) is 2. The lowest BCUT2D eigenvalue weighted by molar-refractivity contribution is 0.391. The van der Waals surface area contributed by atoms with E-state index < -0.39 is 0 Å². The molecule has 2 heterocycles. The Balaban J connectivity index is 1.89. The van der Waals surface area contributed by atoms with Gasteiger partial charge in [0.2, 0.25) is 0 Å². The average molecular weight is 207 g/mol. The molecule has 0 aliphatic carbocycles. The van der Waals surface area contributed by atoms with Crippen molar-refractivity contribution in [1.29, 1.82) is 0 Å². The fourth-order valence-electron chi connectivity index (χ4n) is 1.39. The Bertz CT molecular complexity index is 400. The van der Waals surface area contributed by atoms with E-state index in [9.17, 15) is 0 Å². The van der Waals surface area contributed by atoms with Crippen LogP contribution < -0.4 is 5.32 Å². The van der Waals surface area contributed by atoms with Crippen LogP contribution in [-0.2, 0) is 13.1 Å². The fraction of sp³-hybridized carbons (Fsp3) is 0.400. The van der Waals surface area contributed by atoms with Crippen LogP contribution in [0.25, 0.3) is 0 Å². The standard InChI is InChI=1S/C10H13N3O2/c1-7-10(8(2)15-13-7)5-11-3-9-4-12-6-14-9/h4,6,11H,3,5H2,1-2H3. The zero-order chi connectivity index (χ0) is 10.7. The van der Waals surface area contributed by atoms with E-state index in [4.69, 9.17) is 8.94 Å². The van der Waals surface area contributed by atoms with Crippen molar-refractivity contribution in [2.75, 3.05) is 0 Å². The Morgan fingerprint density at radius 1 is 1.33 bits per heavy atom. The topological polar surface area (TPSA) is 64.1 Å². The van der Waals surface area contributed by atoms with Crippen molar-refractivity contribution < 1.29 is 8.94 Å². The molecule has 0 unspecified atom stereocenters. The minimum atomic E-state index is 0.657. The van der Waals surface area contributed by atoms with Crippen LogP contribution in [0, 0.1) is 13.8 Å². The summed E-state index contributed by atoms with van der Waals surface area (Å²) in [7, 11) is 0. The summed E-state index contributed by atoms with van der Waals surface area (Å²) in [5, 5.41) is 7.12. The Morgan fingerprint density at radius 2 is 2.20 bits per heavy atom. The van der Waals surface area contributed by atoms with Gasteiger partial charge in [0.1, 0.15) is 11.5 Å². The monoisotopic (exact) mass is 207 g/mol. The van der Waals surface area contributed by atoms with Crippen molar-refractivity contribution in [2.45, 2.75) is 26.9 Å². The summed E-state index contributed by atoms with van der Waals surface area (Å²) in [6, 6.07) is 0. The molecule has 0 spiro atoms. The second-order valence-electron chi connectivity index (χ2n) is 3.37. The molecule has 0 saturated heterocycles. The van der Waals surface area contributed by atoms with Gasteiger partial charge >= 0.3 is 0 Å². The van der Waals surface area contributed by atoms with E-state index in [0.29, 0.717) is 6.54 Å². The Kier molecular flexibility index (Phi) is 2.82. The molecule has 0 amide bonds. The summed E-state index contributed by atoms with van der Waals surface area (Å²) >= 11 is 0. The fourth-order valence-corrected chi connectivity index (χ4v) is 1.39. The molecule has 15 heavy (non-hydrogen) atoms. The normalized spacial score (nSPS) is 10.8. The second-order valence-corrected chi connectivity index (χ2v) is 3.37. The number of oxazole rings is 1. The number of aryl methyl sites for hydroxylation is 2. The first-order valence-corrected chi connectivity index (χ1v) is 4.77. The predicted molar refractivity (Wildman–Crippen MR) is 53.0 cm³/mol. The SMILES string of the molecule is Cc1noc(C)c1CNCc1cnco1. The van der Waals surface area contributed by atoms with Gasteiger partial charge in [-0.05, 0) is 13.8 Å². The van der Waals surface area contributed by atoms with Gasteiger partial charge in [0.15, 0.2) is 6.39 Å². The lowest BCUT2D eigenvalue weighted by Crippen LogP contribution is -2.13. The van der Waals surface area contributed by atoms with Gasteiger partial charge in [-0.1, -0.05) is 5.16 Å². The second kappa shape index (κ2) is 4.27. The number of hydrogen-bond donors (Lipinski definition) is 1. The maximum Gasteiger partial charge on any atom is 0.180 e. The van der Waals surface area contributed by atoms with E-state index in [2.05, 4.69) is 15.5 Å². The zero-order valence-corrected chi connectivity index (χ0v) is 8.78. The summed E-state index contributed by atoms with van der Waals surface area (Å²) in [4.78, 5) is 3.84. The molecule has 0 aromatic carbocycles. The van der Waals surface area contributed by atoms with Crippen LogP contribution in [-0.4, -0.2) is 10.1 Å². The van der Waals surface area contributed by atoms with Crippen LogP contribution in [0.15, 0.2) is 21.5 Å². The van der Waals surface area contributed by atoms with Crippen LogP contribution in [0.5, 0.6) is 0 Å². The van der Waals surface area contributed by atoms with Gasteiger partial charge in [-0.15, -0.1) is 0 Å². The molecule has 0 bridgehead atoms. The van der Waals surface area contributed by atoms with E-state index in [-0.39, 0.29) is 0 Å². The van der Waals surface area contributed by atoms with Crippen molar-refractivity contribution in [1.82, 2.24) is 15.5 Å². The molecular weight excluding hydrogens is 194 g/mol. The molecule has 0 radical (unpaired) electrons. The third-order valence-electron chi connectivity index (χ3n) is 2.27. The van der Waals surface area contributed by atoms with Crippen molar-refractivity contribution in [3.05, 3.63) is 35.4 Å². The van der Waals surface area contributed by atoms with Crippen LogP contribution in [0.4, 0.5) is 0 Å². The first-order chi connectivity index (χ1) is 7.27. The van der Waals surface area contributed by atoms with Crippen molar-refractivity contribution in [3.63, 3.8) is 0 Å².